The van der Waals surface area contributed by atoms with E-state index in [0.717, 1.165) is 17.4 Å². The molecule has 0 atom stereocenters. The predicted molar refractivity (Wildman–Crippen MR) is 74.2 cm³/mol. The van der Waals surface area contributed by atoms with Crippen LogP contribution in [0.15, 0.2) is 12.1 Å². The highest BCUT2D eigenvalue weighted by Gasteiger charge is 2.20. The lowest BCUT2D eigenvalue weighted by Gasteiger charge is -2.04. The Hall–Kier alpha value is -1.35. The summed E-state index contributed by atoms with van der Waals surface area (Å²) in [5.41, 5.74) is 0. The molecule has 1 amide bonds. The third kappa shape index (κ3) is 5.03. The maximum absolute atomic E-state index is 11.8. The Morgan fingerprint density at radius 3 is 3.11 bits per heavy atom. The highest BCUT2D eigenvalue weighted by atomic mass is 32.1. The van der Waals surface area contributed by atoms with Gasteiger partial charge in [-0.05, 0) is 30.9 Å². The number of ether oxygens (including phenoxy) is 1. The van der Waals surface area contributed by atoms with Gasteiger partial charge in [0.2, 0.25) is 0 Å². The Morgan fingerprint density at radius 1 is 1.53 bits per heavy atom. The van der Waals surface area contributed by atoms with E-state index in [4.69, 9.17) is 9.84 Å². The average molecular weight is 279 g/mol. The van der Waals surface area contributed by atoms with Crippen LogP contribution in [0, 0.1) is 17.8 Å². The number of carbonyl (C=O) groups excluding carboxylic acids is 1. The largest absolute Gasteiger partial charge is 0.384 e. The number of hydrogen-bond donors (Lipinski definition) is 2. The molecule has 1 aromatic rings. The highest BCUT2D eigenvalue weighted by molar-refractivity contribution is 7.14. The first kappa shape index (κ1) is 14.1. The number of aliphatic hydroxyl groups is 1. The third-order valence-electron chi connectivity index (χ3n) is 2.70. The Bertz CT molecular complexity index is 482. The zero-order chi connectivity index (χ0) is 13.5. The Labute approximate surface area is 116 Å². The van der Waals surface area contributed by atoms with Crippen molar-refractivity contribution in [2.75, 3.05) is 26.4 Å². The molecule has 102 valence electrons. The fourth-order valence-electron chi connectivity index (χ4n) is 1.51. The molecular formula is C14H17NO3S. The summed E-state index contributed by atoms with van der Waals surface area (Å²) in [6, 6.07) is 3.53. The van der Waals surface area contributed by atoms with Crippen molar-refractivity contribution in [1.82, 2.24) is 5.32 Å². The van der Waals surface area contributed by atoms with Gasteiger partial charge in [0.1, 0.15) is 6.61 Å². The third-order valence-corrected chi connectivity index (χ3v) is 3.70. The SMILES string of the molecule is O=C(NCCOCC1CC1)c1ccc(C#CCO)s1. The minimum absolute atomic E-state index is 0.0999. The molecule has 0 aliphatic heterocycles. The lowest BCUT2D eigenvalue weighted by Crippen LogP contribution is -2.26. The van der Waals surface area contributed by atoms with Crippen molar-refractivity contribution in [3.63, 3.8) is 0 Å². The Kier molecular flexibility index (Phi) is 5.40. The number of carbonyl (C=O) groups is 1. The van der Waals surface area contributed by atoms with E-state index >= 15 is 0 Å². The summed E-state index contributed by atoms with van der Waals surface area (Å²) in [5.74, 6) is 5.99. The second kappa shape index (κ2) is 7.29. The molecule has 1 fully saturated rings. The monoisotopic (exact) mass is 279 g/mol. The van der Waals surface area contributed by atoms with Crippen LogP contribution >= 0.6 is 11.3 Å². The molecule has 4 nitrogen and oxygen atoms in total. The van der Waals surface area contributed by atoms with Crippen molar-refractivity contribution in [3.05, 3.63) is 21.9 Å². The van der Waals surface area contributed by atoms with Gasteiger partial charge in [-0.2, -0.15) is 0 Å². The van der Waals surface area contributed by atoms with Gasteiger partial charge in [-0.25, -0.2) is 0 Å². The van der Waals surface area contributed by atoms with Crippen molar-refractivity contribution in [2.45, 2.75) is 12.8 Å². The predicted octanol–water partition coefficient (Wildman–Crippen LogP) is 1.25. The zero-order valence-electron chi connectivity index (χ0n) is 10.6. The average Bonchev–Trinajstić information content (AvgIpc) is 3.12. The molecular weight excluding hydrogens is 262 g/mol. The van der Waals surface area contributed by atoms with Crippen LogP contribution in [0.5, 0.6) is 0 Å². The molecule has 0 unspecified atom stereocenters. The number of amides is 1. The number of aliphatic hydroxyl groups excluding tert-OH is 1. The topological polar surface area (TPSA) is 58.6 Å². The van der Waals surface area contributed by atoms with E-state index in [0.29, 0.717) is 18.0 Å². The van der Waals surface area contributed by atoms with Crippen LogP contribution in [0.4, 0.5) is 0 Å². The lowest BCUT2D eigenvalue weighted by molar-refractivity contribution is 0.0910. The summed E-state index contributed by atoms with van der Waals surface area (Å²) in [5, 5.41) is 11.4. The quantitative estimate of drug-likeness (QED) is 0.608. The van der Waals surface area contributed by atoms with E-state index in [2.05, 4.69) is 17.2 Å². The molecule has 1 aliphatic carbocycles. The summed E-state index contributed by atoms with van der Waals surface area (Å²) < 4.78 is 5.44. The van der Waals surface area contributed by atoms with Gasteiger partial charge >= 0.3 is 0 Å². The van der Waals surface area contributed by atoms with Crippen LogP contribution < -0.4 is 5.32 Å². The molecule has 0 spiro atoms. The number of rotatable bonds is 6. The van der Waals surface area contributed by atoms with Gasteiger partial charge in [0.15, 0.2) is 0 Å². The Morgan fingerprint density at radius 2 is 2.37 bits per heavy atom. The number of hydrogen-bond acceptors (Lipinski definition) is 4. The van der Waals surface area contributed by atoms with Gasteiger partial charge in [0.05, 0.1) is 16.4 Å². The van der Waals surface area contributed by atoms with Crippen molar-refractivity contribution in [1.29, 1.82) is 0 Å². The van der Waals surface area contributed by atoms with Crippen molar-refractivity contribution in [3.8, 4) is 11.8 Å². The smallest absolute Gasteiger partial charge is 0.261 e. The van der Waals surface area contributed by atoms with Crippen LogP contribution in [0.2, 0.25) is 0 Å². The van der Waals surface area contributed by atoms with Crippen molar-refractivity contribution >= 4 is 17.2 Å². The molecule has 19 heavy (non-hydrogen) atoms. The molecule has 0 bridgehead atoms. The zero-order valence-corrected chi connectivity index (χ0v) is 11.5. The minimum atomic E-state index is -0.169. The number of nitrogens with one attached hydrogen (secondary N) is 1. The molecule has 2 N–H and O–H groups in total. The lowest BCUT2D eigenvalue weighted by atomic mass is 10.4. The van der Waals surface area contributed by atoms with Crippen LogP contribution in [0.25, 0.3) is 0 Å². The Balaban J connectivity index is 1.68. The summed E-state index contributed by atoms with van der Waals surface area (Å²) >= 11 is 1.32. The molecule has 1 aromatic heterocycles. The van der Waals surface area contributed by atoms with Crippen molar-refractivity contribution < 1.29 is 14.6 Å². The second-order valence-electron chi connectivity index (χ2n) is 4.40. The summed E-state index contributed by atoms with van der Waals surface area (Å²) in [4.78, 5) is 13.2. The van der Waals surface area contributed by atoms with E-state index in [1.165, 1.54) is 24.2 Å². The molecule has 2 rings (SSSR count). The van der Waals surface area contributed by atoms with Crippen molar-refractivity contribution in [2.24, 2.45) is 5.92 Å². The maximum Gasteiger partial charge on any atom is 0.261 e. The van der Waals surface area contributed by atoms with Crippen LogP contribution in [0.1, 0.15) is 27.4 Å². The van der Waals surface area contributed by atoms with Gasteiger partial charge in [-0.1, -0.05) is 11.8 Å². The van der Waals surface area contributed by atoms with Crippen LogP contribution in [-0.4, -0.2) is 37.4 Å². The first-order valence-corrected chi connectivity index (χ1v) is 7.16. The van der Waals surface area contributed by atoms with Gasteiger partial charge in [-0.3, -0.25) is 4.79 Å². The van der Waals surface area contributed by atoms with Crippen LogP contribution in [0.3, 0.4) is 0 Å². The fourth-order valence-corrected chi connectivity index (χ4v) is 2.31. The van der Waals surface area contributed by atoms with E-state index in [-0.39, 0.29) is 12.5 Å². The fraction of sp³-hybridized carbons (Fsp3) is 0.500. The second-order valence-corrected chi connectivity index (χ2v) is 5.48. The maximum atomic E-state index is 11.8. The molecule has 1 heterocycles. The van der Waals surface area contributed by atoms with E-state index in [1.807, 2.05) is 0 Å². The van der Waals surface area contributed by atoms with Gasteiger partial charge < -0.3 is 15.2 Å². The molecule has 5 heteroatoms. The highest BCUT2D eigenvalue weighted by Crippen LogP contribution is 2.28. The van der Waals surface area contributed by atoms with Gasteiger partial charge in [-0.15, -0.1) is 11.3 Å². The van der Waals surface area contributed by atoms with E-state index in [9.17, 15) is 4.79 Å². The molecule has 0 saturated heterocycles. The van der Waals surface area contributed by atoms with Gasteiger partial charge in [0.25, 0.3) is 5.91 Å². The molecule has 1 aliphatic rings. The van der Waals surface area contributed by atoms with Crippen LogP contribution in [-0.2, 0) is 4.74 Å². The van der Waals surface area contributed by atoms with Gasteiger partial charge in [0, 0.05) is 13.2 Å². The summed E-state index contributed by atoms with van der Waals surface area (Å²) in [6.45, 7) is 1.74. The van der Waals surface area contributed by atoms with E-state index < -0.39 is 0 Å². The molecule has 0 aromatic carbocycles. The molecule has 0 radical (unpaired) electrons. The number of thiophene rings is 1. The van der Waals surface area contributed by atoms with E-state index in [1.54, 1.807) is 12.1 Å². The first-order chi connectivity index (χ1) is 9.29. The summed E-state index contributed by atoms with van der Waals surface area (Å²) in [7, 11) is 0. The normalized spacial score (nSPS) is 13.7. The summed E-state index contributed by atoms with van der Waals surface area (Å²) in [6.07, 6.45) is 2.55. The minimum Gasteiger partial charge on any atom is -0.384 e. The first-order valence-electron chi connectivity index (χ1n) is 6.35. The standard InChI is InChI=1S/C14H17NO3S/c16-8-1-2-12-5-6-13(19-12)14(17)15-7-9-18-10-11-3-4-11/h5-6,11,16H,3-4,7-10H2,(H,15,17). The molecule has 1 saturated carbocycles.